The molecule has 1 unspecified atom stereocenters. The Morgan fingerprint density at radius 3 is 2.41 bits per heavy atom. The number of methoxy groups -OCH3 is 1. The van der Waals surface area contributed by atoms with Gasteiger partial charge in [0, 0.05) is 12.6 Å². The van der Waals surface area contributed by atoms with Crippen molar-refractivity contribution in [2.24, 2.45) is 0 Å². The SMILES string of the molecule is COc1ccc(CCC(O)CNC(C)C)cc1. The third-order valence-electron chi connectivity index (χ3n) is 2.69. The van der Waals surface area contributed by atoms with Gasteiger partial charge in [-0.3, -0.25) is 0 Å². The van der Waals surface area contributed by atoms with Gasteiger partial charge in [0.05, 0.1) is 13.2 Å². The molecule has 0 radical (unpaired) electrons. The van der Waals surface area contributed by atoms with Gasteiger partial charge in [0.15, 0.2) is 0 Å². The van der Waals surface area contributed by atoms with Crippen LogP contribution in [0.4, 0.5) is 0 Å². The van der Waals surface area contributed by atoms with Crippen LogP contribution in [0.5, 0.6) is 5.75 Å². The lowest BCUT2D eigenvalue weighted by molar-refractivity contribution is 0.159. The zero-order valence-corrected chi connectivity index (χ0v) is 10.9. The maximum atomic E-state index is 9.77. The van der Waals surface area contributed by atoms with Gasteiger partial charge in [-0.2, -0.15) is 0 Å². The molecule has 0 fully saturated rings. The molecule has 0 aliphatic rings. The molecule has 17 heavy (non-hydrogen) atoms. The molecule has 0 heterocycles. The second kappa shape index (κ2) is 7.30. The summed E-state index contributed by atoms with van der Waals surface area (Å²) in [6.07, 6.45) is 1.40. The molecule has 2 N–H and O–H groups in total. The molecule has 0 aliphatic heterocycles. The molecule has 0 spiro atoms. The van der Waals surface area contributed by atoms with Crippen molar-refractivity contribution in [1.29, 1.82) is 0 Å². The molecule has 1 aromatic rings. The van der Waals surface area contributed by atoms with E-state index in [0.29, 0.717) is 12.6 Å². The van der Waals surface area contributed by atoms with E-state index in [9.17, 15) is 5.11 Å². The van der Waals surface area contributed by atoms with Gasteiger partial charge in [0.1, 0.15) is 5.75 Å². The minimum absolute atomic E-state index is 0.278. The van der Waals surface area contributed by atoms with Gasteiger partial charge in [-0.05, 0) is 30.5 Å². The predicted molar refractivity (Wildman–Crippen MR) is 70.5 cm³/mol. The van der Waals surface area contributed by atoms with Crippen LogP contribution in [-0.2, 0) is 6.42 Å². The Balaban J connectivity index is 2.29. The molecular formula is C14H23NO2. The normalized spacial score (nSPS) is 12.8. The Bertz CT molecular complexity index is 309. The first-order valence-electron chi connectivity index (χ1n) is 6.16. The minimum atomic E-state index is -0.278. The van der Waals surface area contributed by atoms with Crippen LogP contribution in [-0.4, -0.2) is 30.9 Å². The number of ether oxygens (including phenoxy) is 1. The van der Waals surface area contributed by atoms with Crippen LogP contribution in [0, 0.1) is 0 Å². The zero-order chi connectivity index (χ0) is 12.7. The van der Waals surface area contributed by atoms with E-state index in [1.165, 1.54) is 5.56 Å². The third kappa shape index (κ3) is 5.71. The molecule has 3 nitrogen and oxygen atoms in total. The van der Waals surface area contributed by atoms with Crippen molar-refractivity contribution >= 4 is 0 Å². The summed E-state index contributed by atoms with van der Waals surface area (Å²) in [5, 5.41) is 13.0. The number of hydrogen-bond donors (Lipinski definition) is 2. The number of aliphatic hydroxyl groups excluding tert-OH is 1. The number of aliphatic hydroxyl groups is 1. The molecule has 96 valence electrons. The zero-order valence-electron chi connectivity index (χ0n) is 10.9. The fourth-order valence-corrected chi connectivity index (χ4v) is 1.60. The smallest absolute Gasteiger partial charge is 0.118 e. The maximum Gasteiger partial charge on any atom is 0.118 e. The van der Waals surface area contributed by atoms with Gasteiger partial charge in [-0.1, -0.05) is 26.0 Å². The molecule has 0 amide bonds. The highest BCUT2D eigenvalue weighted by molar-refractivity contribution is 5.27. The molecule has 1 aromatic carbocycles. The van der Waals surface area contributed by atoms with Gasteiger partial charge in [-0.15, -0.1) is 0 Å². The monoisotopic (exact) mass is 237 g/mol. The van der Waals surface area contributed by atoms with Gasteiger partial charge < -0.3 is 15.2 Å². The predicted octanol–water partition coefficient (Wildman–Crippen LogP) is 1.99. The summed E-state index contributed by atoms with van der Waals surface area (Å²) >= 11 is 0. The van der Waals surface area contributed by atoms with Gasteiger partial charge >= 0.3 is 0 Å². The van der Waals surface area contributed by atoms with E-state index < -0.39 is 0 Å². The van der Waals surface area contributed by atoms with Crippen molar-refractivity contribution < 1.29 is 9.84 Å². The summed E-state index contributed by atoms with van der Waals surface area (Å²) in [5.74, 6) is 0.871. The molecule has 0 aromatic heterocycles. The number of aryl methyl sites for hydroxylation is 1. The van der Waals surface area contributed by atoms with Crippen molar-refractivity contribution in [2.75, 3.05) is 13.7 Å². The van der Waals surface area contributed by atoms with Gasteiger partial charge in [0.25, 0.3) is 0 Å². The Hall–Kier alpha value is -1.06. The lowest BCUT2D eigenvalue weighted by Gasteiger charge is -2.14. The largest absolute Gasteiger partial charge is 0.497 e. The molecule has 0 aliphatic carbocycles. The summed E-state index contributed by atoms with van der Waals surface area (Å²) in [5.41, 5.74) is 1.23. The topological polar surface area (TPSA) is 41.5 Å². The average Bonchev–Trinajstić information content (AvgIpc) is 2.34. The number of hydrogen-bond acceptors (Lipinski definition) is 3. The first-order chi connectivity index (χ1) is 8.11. The molecular weight excluding hydrogens is 214 g/mol. The number of rotatable bonds is 7. The van der Waals surface area contributed by atoms with E-state index in [-0.39, 0.29) is 6.10 Å². The van der Waals surface area contributed by atoms with Crippen LogP contribution in [0.3, 0.4) is 0 Å². The summed E-state index contributed by atoms with van der Waals surface area (Å²) in [6.45, 7) is 4.82. The van der Waals surface area contributed by atoms with E-state index in [0.717, 1.165) is 18.6 Å². The minimum Gasteiger partial charge on any atom is -0.497 e. The van der Waals surface area contributed by atoms with Crippen molar-refractivity contribution in [2.45, 2.75) is 38.8 Å². The van der Waals surface area contributed by atoms with Crippen molar-refractivity contribution in [3.05, 3.63) is 29.8 Å². The lowest BCUT2D eigenvalue weighted by atomic mass is 10.1. The molecule has 0 bridgehead atoms. The summed E-state index contributed by atoms with van der Waals surface area (Å²) in [4.78, 5) is 0. The highest BCUT2D eigenvalue weighted by Crippen LogP contribution is 2.13. The van der Waals surface area contributed by atoms with Crippen LogP contribution in [0.1, 0.15) is 25.8 Å². The van der Waals surface area contributed by atoms with E-state index in [1.54, 1.807) is 7.11 Å². The Labute approximate surface area is 104 Å². The fraction of sp³-hybridized carbons (Fsp3) is 0.571. The van der Waals surface area contributed by atoms with Crippen molar-refractivity contribution in [1.82, 2.24) is 5.32 Å². The average molecular weight is 237 g/mol. The second-order valence-electron chi connectivity index (χ2n) is 4.60. The van der Waals surface area contributed by atoms with Crippen LogP contribution in [0.15, 0.2) is 24.3 Å². The maximum absolute atomic E-state index is 9.77. The quantitative estimate of drug-likeness (QED) is 0.762. The Morgan fingerprint density at radius 2 is 1.88 bits per heavy atom. The van der Waals surface area contributed by atoms with Gasteiger partial charge in [-0.25, -0.2) is 0 Å². The summed E-state index contributed by atoms with van der Waals surface area (Å²) in [7, 11) is 1.66. The Morgan fingerprint density at radius 1 is 1.24 bits per heavy atom. The molecule has 0 saturated carbocycles. The second-order valence-corrected chi connectivity index (χ2v) is 4.60. The fourth-order valence-electron chi connectivity index (χ4n) is 1.60. The summed E-state index contributed by atoms with van der Waals surface area (Å²) < 4.78 is 5.10. The molecule has 3 heteroatoms. The summed E-state index contributed by atoms with van der Waals surface area (Å²) in [6, 6.07) is 8.41. The standard InChI is InChI=1S/C14H23NO2/c1-11(2)15-10-13(16)7-4-12-5-8-14(17-3)9-6-12/h5-6,8-9,11,13,15-16H,4,7,10H2,1-3H3. The van der Waals surface area contributed by atoms with Crippen LogP contribution < -0.4 is 10.1 Å². The molecule has 1 atom stereocenters. The molecule has 0 saturated heterocycles. The lowest BCUT2D eigenvalue weighted by Crippen LogP contribution is -2.32. The van der Waals surface area contributed by atoms with Crippen molar-refractivity contribution in [3.63, 3.8) is 0 Å². The highest BCUT2D eigenvalue weighted by Gasteiger charge is 2.05. The van der Waals surface area contributed by atoms with Crippen molar-refractivity contribution in [3.8, 4) is 5.75 Å². The van der Waals surface area contributed by atoms with Gasteiger partial charge in [0.2, 0.25) is 0 Å². The number of benzene rings is 1. The van der Waals surface area contributed by atoms with Crippen LogP contribution in [0.25, 0.3) is 0 Å². The highest BCUT2D eigenvalue weighted by atomic mass is 16.5. The Kier molecular flexibility index (Phi) is 6.01. The van der Waals surface area contributed by atoms with E-state index in [1.807, 2.05) is 24.3 Å². The first kappa shape index (κ1) is 14.0. The van der Waals surface area contributed by atoms with E-state index >= 15 is 0 Å². The van der Waals surface area contributed by atoms with E-state index in [4.69, 9.17) is 4.74 Å². The van der Waals surface area contributed by atoms with E-state index in [2.05, 4.69) is 19.2 Å². The molecule has 1 rings (SSSR count). The van der Waals surface area contributed by atoms with Crippen LogP contribution in [0.2, 0.25) is 0 Å². The first-order valence-corrected chi connectivity index (χ1v) is 6.16. The van der Waals surface area contributed by atoms with Crippen LogP contribution >= 0.6 is 0 Å². The third-order valence-corrected chi connectivity index (χ3v) is 2.69. The number of nitrogens with one attached hydrogen (secondary N) is 1.